The molecule has 3 heterocycles. The number of nitrogens with zero attached hydrogens (tertiary/aromatic N) is 2. The molecule has 0 saturated heterocycles. The van der Waals surface area contributed by atoms with E-state index in [1.807, 2.05) is 19.2 Å². The standard InChI is InChI=1S/C11H8N2Se/c1-7-4-5-9-11(13-7)10-8(14-9)3-2-6-12-10/h2-6H,1H3. The van der Waals surface area contributed by atoms with E-state index in [2.05, 4.69) is 28.2 Å². The van der Waals surface area contributed by atoms with E-state index in [9.17, 15) is 0 Å². The third-order valence-corrected chi connectivity index (χ3v) is 4.52. The first kappa shape index (κ1) is 8.15. The Bertz CT molecular complexity index is 613. The van der Waals surface area contributed by atoms with Gasteiger partial charge in [-0.25, -0.2) is 0 Å². The van der Waals surface area contributed by atoms with E-state index < -0.39 is 0 Å². The van der Waals surface area contributed by atoms with Crippen LogP contribution >= 0.6 is 0 Å². The Morgan fingerprint density at radius 1 is 1.07 bits per heavy atom. The summed E-state index contributed by atoms with van der Waals surface area (Å²) in [7, 11) is 0. The predicted molar refractivity (Wildman–Crippen MR) is 58.7 cm³/mol. The van der Waals surface area contributed by atoms with E-state index >= 15 is 0 Å². The summed E-state index contributed by atoms with van der Waals surface area (Å²) >= 11 is 0.402. The molecule has 0 aliphatic carbocycles. The van der Waals surface area contributed by atoms with E-state index in [0.29, 0.717) is 14.5 Å². The van der Waals surface area contributed by atoms with Crippen LogP contribution in [-0.2, 0) is 0 Å². The molecule has 0 N–H and O–H groups in total. The zero-order chi connectivity index (χ0) is 9.54. The van der Waals surface area contributed by atoms with Crippen molar-refractivity contribution in [2.45, 2.75) is 6.92 Å². The molecule has 0 aliphatic heterocycles. The van der Waals surface area contributed by atoms with Crippen molar-refractivity contribution in [1.82, 2.24) is 9.97 Å². The molecule has 0 aliphatic rings. The average molecular weight is 247 g/mol. The monoisotopic (exact) mass is 248 g/mol. The van der Waals surface area contributed by atoms with E-state index in [-0.39, 0.29) is 0 Å². The molecule has 68 valence electrons. The van der Waals surface area contributed by atoms with Gasteiger partial charge in [-0.3, -0.25) is 0 Å². The van der Waals surface area contributed by atoms with Crippen molar-refractivity contribution in [3.63, 3.8) is 0 Å². The van der Waals surface area contributed by atoms with Crippen LogP contribution in [0.1, 0.15) is 5.69 Å². The van der Waals surface area contributed by atoms with Crippen LogP contribution in [0.2, 0.25) is 0 Å². The molecular formula is C11H8N2Se. The number of aromatic nitrogens is 2. The van der Waals surface area contributed by atoms with Gasteiger partial charge in [0.25, 0.3) is 0 Å². The van der Waals surface area contributed by atoms with Crippen LogP contribution in [0.3, 0.4) is 0 Å². The summed E-state index contributed by atoms with van der Waals surface area (Å²) in [5.41, 5.74) is 3.25. The van der Waals surface area contributed by atoms with E-state index in [4.69, 9.17) is 0 Å². The first-order valence-electron chi connectivity index (χ1n) is 4.45. The molecule has 3 rings (SSSR count). The molecule has 0 aromatic carbocycles. The summed E-state index contributed by atoms with van der Waals surface area (Å²) in [6, 6.07) is 8.41. The molecule has 3 heteroatoms. The minimum absolute atomic E-state index is 0.402. The van der Waals surface area contributed by atoms with Crippen molar-refractivity contribution in [2.24, 2.45) is 0 Å². The summed E-state index contributed by atoms with van der Waals surface area (Å²) in [5.74, 6) is 0. The Hall–Kier alpha value is -1.18. The van der Waals surface area contributed by atoms with E-state index in [1.165, 1.54) is 8.52 Å². The van der Waals surface area contributed by atoms with Gasteiger partial charge in [0.15, 0.2) is 0 Å². The number of rotatable bonds is 0. The third kappa shape index (κ3) is 1.10. The summed E-state index contributed by atoms with van der Waals surface area (Å²) in [5, 5.41) is 0. The van der Waals surface area contributed by atoms with Crippen LogP contribution < -0.4 is 0 Å². The number of fused-ring (bicyclic) bond motifs is 3. The fourth-order valence-corrected chi connectivity index (χ4v) is 3.67. The van der Waals surface area contributed by atoms with Gasteiger partial charge < -0.3 is 0 Å². The first-order valence-corrected chi connectivity index (χ1v) is 6.17. The number of pyridine rings is 2. The molecule has 3 aromatic rings. The van der Waals surface area contributed by atoms with Gasteiger partial charge in [0.2, 0.25) is 0 Å². The second-order valence-electron chi connectivity index (χ2n) is 3.25. The van der Waals surface area contributed by atoms with Gasteiger partial charge in [-0.2, -0.15) is 0 Å². The van der Waals surface area contributed by atoms with E-state index in [0.717, 1.165) is 16.7 Å². The minimum atomic E-state index is 0.402. The number of hydrogen-bond donors (Lipinski definition) is 0. The predicted octanol–water partition coefficient (Wildman–Crippen LogP) is 2.15. The summed E-state index contributed by atoms with van der Waals surface area (Å²) < 4.78 is 2.71. The Morgan fingerprint density at radius 2 is 1.93 bits per heavy atom. The molecule has 14 heavy (non-hydrogen) atoms. The second kappa shape index (κ2) is 2.91. The van der Waals surface area contributed by atoms with E-state index in [1.54, 1.807) is 0 Å². The van der Waals surface area contributed by atoms with Crippen LogP contribution in [-0.4, -0.2) is 24.5 Å². The van der Waals surface area contributed by atoms with Crippen molar-refractivity contribution < 1.29 is 0 Å². The zero-order valence-corrected chi connectivity index (χ0v) is 9.40. The van der Waals surface area contributed by atoms with Crippen LogP contribution in [0.25, 0.3) is 19.6 Å². The summed E-state index contributed by atoms with van der Waals surface area (Å²) in [4.78, 5) is 8.94. The van der Waals surface area contributed by atoms with Crippen LogP contribution in [0.15, 0.2) is 30.5 Å². The van der Waals surface area contributed by atoms with Gasteiger partial charge in [0.1, 0.15) is 0 Å². The molecule has 0 saturated carbocycles. The van der Waals surface area contributed by atoms with Gasteiger partial charge >= 0.3 is 87.1 Å². The summed E-state index contributed by atoms with van der Waals surface area (Å²) in [6.45, 7) is 2.02. The molecule has 2 nitrogen and oxygen atoms in total. The Balaban J connectivity index is 2.58. The number of hydrogen-bond acceptors (Lipinski definition) is 2. The molecule has 0 radical (unpaired) electrons. The average Bonchev–Trinajstić information content (AvgIpc) is 2.56. The topological polar surface area (TPSA) is 25.8 Å². The van der Waals surface area contributed by atoms with Crippen LogP contribution in [0.5, 0.6) is 0 Å². The summed E-state index contributed by atoms with van der Waals surface area (Å²) in [6.07, 6.45) is 1.84. The second-order valence-corrected chi connectivity index (χ2v) is 5.53. The van der Waals surface area contributed by atoms with Crippen molar-refractivity contribution >= 4 is 34.1 Å². The van der Waals surface area contributed by atoms with Crippen molar-refractivity contribution in [1.29, 1.82) is 0 Å². The normalized spacial score (nSPS) is 11.2. The molecule has 3 aromatic heterocycles. The van der Waals surface area contributed by atoms with Crippen LogP contribution in [0, 0.1) is 6.92 Å². The molecule has 0 unspecified atom stereocenters. The molecule has 0 bridgehead atoms. The molecular weight excluding hydrogens is 239 g/mol. The SMILES string of the molecule is Cc1ccc2[se]c3cccnc3c2n1. The molecule has 0 amide bonds. The van der Waals surface area contributed by atoms with Gasteiger partial charge in [-0.1, -0.05) is 0 Å². The first-order chi connectivity index (χ1) is 6.84. The molecule has 0 fully saturated rings. The van der Waals surface area contributed by atoms with Gasteiger partial charge in [-0.15, -0.1) is 0 Å². The Kier molecular flexibility index (Phi) is 1.69. The molecule has 0 spiro atoms. The van der Waals surface area contributed by atoms with Crippen molar-refractivity contribution in [2.75, 3.05) is 0 Å². The fraction of sp³-hybridized carbons (Fsp3) is 0.0909. The van der Waals surface area contributed by atoms with Gasteiger partial charge in [0.05, 0.1) is 0 Å². The Labute approximate surface area is 87.4 Å². The Morgan fingerprint density at radius 3 is 2.86 bits per heavy atom. The van der Waals surface area contributed by atoms with Gasteiger partial charge in [-0.05, 0) is 0 Å². The van der Waals surface area contributed by atoms with Crippen molar-refractivity contribution in [3.8, 4) is 0 Å². The van der Waals surface area contributed by atoms with Crippen LogP contribution in [0.4, 0.5) is 0 Å². The fourth-order valence-electron chi connectivity index (χ4n) is 1.57. The maximum absolute atomic E-state index is 4.55. The quantitative estimate of drug-likeness (QED) is 0.569. The van der Waals surface area contributed by atoms with Crippen molar-refractivity contribution in [3.05, 3.63) is 36.2 Å². The zero-order valence-electron chi connectivity index (χ0n) is 7.69. The number of aryl methyl sites for hydroxylation is 1. The maximum atomic E-state index is 4.55. The molecule has 0 atom stereocenters. The third-order valence-electron chi connectivity index (χ3n) is 2.21. The van der Waals surface area contributed by atoms with Gasteiger partial charge in [0, 0.05) is 0 Å².